The Bertz CT molecular complexity index is 513. The van der Waals surface area contributed by atoms with Crippen LogP contribution in [0.1, 0.15) is 12.5 Å². The number of amides is 1. The fraction of sp³-hybridized carbons (Fsp3) is 0.333. The third-order valence-corrected chi connectivity index (χ3v) is 2.62. The lowest BCUT2D eigenvalue weighted by Crippen LogP contribution is -2.43. The van der Waals surface area contributed by atoms with Crippen LogP contribution in [0.2, 0.25) is 0 Å². The second-order valence-electron chi connectivity index (χ2n) is 4.07. The topological polar surface area (TPSA) is 84.9 Å². The fourth-order valence-corrected chi connectivity index (χ4v) is 1.61. The van der Waals surface area contributed by atoms with Crippen molar-refractivity contribution in [3.63, 3.8) is 0 Å². The molecule has 0 fully saturated rings. The van der Waals surface area contributed by atoms with Crippen molar-refractivity contribution in [1.82, 2.24) is 5.32 Å². The van der Waals surface area contributed by atoms with Crippen LogP contribution < -0.4 is 10.1 Å². The summed E-state index contributed by atoms with van der Waals surface area (Å²) in [5.41, 5.74) is 0.744. The summed E-state index contributed by atoms with van der Waals surface area (Å²) >= 11 is 0. The average molecular weight is 293 g/mol. The van der Waals surface area contributed by atoms with Gasteiger partial charge in [0.2, 0.25) is 5.91 Å². The summed E-state index contributed by atoms with van der Waals surface area (Å²) in [6.07, 6.45) is 2.84. The summed E-state index contributed by atoms with van der Waals surface area (Å²) in [6, 6.07) is 6.19. The van der Waals surface area contributed by atoms with Crippen molar-refractivity contribution in [3.8, 4) is 5.75 Å². The van der Waals surface area contributed by atoms with Crippen molar-refractivity contribution in [3.05, 3.63) is 35.9 Å². The molecule has 0 unspecified atom stereocenters. The molecule has 1 rings (SSSR count). The molecule has 0 spiro atoms. The minimum atomic E-state index is -1.07. The van der Waals surface area contributed by atoms with Gasteiger partial charge in [-0.3, -0.25) is 4.79 Å². The third-order valence-electron chi connectivity index (χ3n) is 2.62. The van der Waals surface area contributed by atoms with Gasteiger partial charge in [0, 0.05) is 11.6 Å². The number of methoxy groups -OCH3 is 1. The molecule has 0 aromatic heterocycles. The number of esters is 1. The molecule has 0 aliphatic heterocycles. The summed E-state index contributed by atoms with van der Waals surface area (Å²) in [6.45, 7) is 1.86. The first kappa shape index (κ1) is 16.7. The Balaban J connectivity index is 2.72. The molecule has 6 heteroatoms. The number of nitrogens with one attached hydrogen (secondary N) is 1. The quantitative estimate of drug-likeness (QED) is 0.572. The Labute approximate surface area is 123 Å². The van der Waals surface area contributed by atoms with E-state index in [4.69, 9.17) is 9.84 Å². The second kappa shape index (κ2) is 8.76. The Morgan fingerprint density at radius 2 is 2.10 bits per heavy atom. The highest BCUT2D eigenvalue weighted by Gasteiger charge is 2.19. The molecule has 114 valence electrons. The molecular formula is C15H19NO5. The van der Waals surface area contributed by atoms with Gasteiger partial charge in [-0.05, 0) is 19.1 Å². The monoisotopic (exact) mass is 293 g/mol. The van der Waals surface area contributed by atoms with Gasteiger partial charge in [-0.2, -0.15) is 0 Å². The number of hydrogen-bond acceptors (Lipinski definition) is 5. The van der Waals surface area contributed by atoms with Crippen molar-refractivity contribution in [2.24, 2.45) is 0 Å². The van der Waals surface area contributed by atoms with E-state index in [1.165, 1.54) is 13.2 Å². The first-order valence-corrected chi connectivity index (χ1v) is 6.51. The number of para-hydroxylation sites is 1. The smallest absolute Gasteiger partial charge is 0.330 e. The number of rotatable bonds is 7. The lowest BCUT2D eigenvalue weighted by molar-refractivity contribution is -0.145. The van der Waals surface area contributed by atoms with Gasteiger partial charge in [-0.15, -0.1) is 0 Å². The van der Waals surface area contributed by atoms with E-state index in [0.29, 0.717) is 12.4 Å². The summed E-state index contributed by atoms with van der Waals surface area (Å²) in [7, 11) is 1.19. The predicted octanol–water partition coefficient (Wildman–Crippen LogP) is 0.749. The zero-order valence-corrected chi connectivity index (χ0v) is 12.0. The molecule has 6 nitrogen and oxygen atoms in total. The first-order valence-electron chi connectivity index (χ1n) is 6.51. The molecule has 21 heavy (non-hydrogen) atoms. The van der Waals surface area contributed by atoms with E-state index in [2.05, 4.69) is 10.1 Å². The SMILES string of the molecule is CCOc1ccccc1/C=C/C(=O)N[C@H](CO)C(=O)OC. The Hall–Kier alpha value is -2.34. The van der Waals surface area contributed by atoms with Gasteiger partial charge in [0.05, 0.1) is 20.3 Å². The normalized spacial score (nSPS) is 12.0. The van der Waals surface area contributed by atoms with E-state index in [-0.39, 0.29) is 0 Å². The molecule has 1 aromatic carbocycles. The highest BCUT2D eigenvalue weighted by atomic mass is 16.5. The molecule has 1 atom stereocenters. The fourth-order valence-electron chi connectivity index (χ4n) is 1.61. The first-order chi connectivity index (χ1) is 10.1. The lowest BCUT2D eigenvalue weighted by atomic mass is 10.2. The summed E-state index contributed by atoms with van der Waals surface area (Å²) in [5.74, 6) is -0.546. The van der Waals surface area contributed by atoms with E-state index in [0.717, 1.165) is 5.56 Å². The van der Waals surface area contributed by atoms with Gasteiger partial charge < -0.3 is 19.9 Å². The van der Waals surface area contributed by atoms with Crippen LogP contribution in [-0.2, 0) is 14.3 Å². The van der Waals surface area contributed by atoms with Crippen molar-refractivity contribution in [2.75, 3.05) is 20.3 Å². The number of hydrogen-bond donors (Lipinski definition) is 2. The largest absolute Gasteiger partial charge is 0.493 e. The van der Waals surface area contributed by atoms with Crippen LogP contribution in [0.4, 0.5) is 0 Å². The molecule has 0 aliphatic carbocycles. The minimum Gasteiger partial charge on any atom is -0.493 e. The van der Waals surface area contributed by atoms with Gasteiger partial charge in [0.25, 0.3) is 0 Å². The molecule has 0 aliphatic rings. The highest BCUT2D eigenvalue weighted by Crippen LogP contribution is 2.19. The van der Waals surface area contributed by atoms with Crippen LogP contribution >= 0.6 is 0 Å². The van der Waals surface area contributed by atoms with E-state index in [1.54, 1.807) is 18.2 Å². The van der Waals surface area contributed by atoms with E-state index in [9.17, 15) is 9.59 Å². The van der Waals surface area contributed by atoms with Gasteiger partial charge in [-0.1, -0.05) is 18.2 Å². The standard InChI is InChI=1S/C15H19NO5/c1-3-21-13-7-5-4-6-11(13)8-9-14(18)16-12(10-17)15(19)20-2/h4-9,12,17H,3,10H2,1-2H3,(H,16,18)/b9-8+/t12-/m1/s1. The number of carbonyl (C=O) groups excluding carboxylic acids is 2. The van der Waals surface area contributed by atoms with Crippen LogP contribution in [-0.4, -0.2) is 43.3 Å². The second-order valence-corrected chi connectivity index (χ2v) is 4.07. The van der Waals surface area contributed by atoms with Crippen LogP contribution in [0.3, 0.4) is 0 Å². The zero-order valence-electron chi connectivity index (χ0n) is 12.0. The van der Waals surface area contributed by atoms with Gasteiger partial charge in [-0.25, -0.2) is 4.79 Å². The van der Waals surface area contributed by atoms with Crippen molar-refractivity contribution >= 4 is 18.0 Å². The van der Waals surface area contributed by atoms with Crippen molar-refractivity contribution in [2.45, 2.75) is 13.0 Å². The molecular weight excluding hydrogens is 274 g/mol. The number of aliphatic hydroxyl groups excluding tert-OH is 1. The molecule has 0 radical (unpaired) electrons. The van der Waals surface area contributed by atoms with Gasteiger partial charge in [0.15, 0.2) is 6.04 Å². The number of ether oxygens (including phenoxy) is 2. The third kappa shape index (κ3) is 5.27. The predicted molar refractivity (Wildman–Crippen MR) is 77.7 cm³/mol. The van der Waals surface area contributed by atoms with Crippen LogP contribution in [0.25, 0.3) is 6.08 Å². The van der Waals surface area contributed by atoms with E-state index in [1.807, 2.05) is 19.1 Å². The molecule has 0 saturated carbocycles. The molecule has 0 heterocycles. The Kier molecular flexibility index (Phi) is 6.97. The molecule has 0 saturated heterocycles. The van der Waals surface area contributed by atoms with Gasteiger partial charge in [0.1, 0.15) is 5.75 Å². The average Bonchev–Trinajstić information content (AvgIpc) is 2.51. The number of aliphatic hydroxyl groups is 1. The zero-order chi connectivity index (χ0) is 15.7. The van der Waals surface area contributed by atoms with Crippen molar-refractivity contribution < 1.29 is 24.2 Å². The van der Waals surface area contributed by atoms with E-state index >= 15 is 0 Å². The number of carbonyl (C=O) groups is 2. The lowest BCUT2D eigenvalue weighted by Gasteiger charge is -2.12. The Morgan fingerprint density at radius 1 is 1.38 bits per heavy atom. The molecule has 1 aromatic rings. The van der Waals surface area contributed by atoms with Crippen LogP contribution in [0.5, 0.6) is 5.75 Å². The minimum absolute atomic E-state index is 0.509. The van der Waals surface area contributed by atoms with Crippen LogP contribution in [0.15, 0.2) is 30.3 Å². The molecule has 2 N–H and O–H groups in total. The Morgan fingerprint density at radius 3 is 2.71 bits per heavy atom. The maximum atomic E-state index is 11.7. The van der Waals surface area contributed by atoms with Crippen molar-refractivity contribution in [1.29, 1.82) is 0 Å². The molecule has 1 amide bonds. The van der Waals surface area contributed by atoms with Crippen LogP contribution in [0, 0.1) is 0 Å². The maximum absolute atomic E-state index is 11.7. The molecule has 0 bridgehead atoms. The van der Waals surface area contributed by atoms with E-state index < -0.39 is 24.5 Å². The summed E-state index contributed by atoms with van der Waals surface area (Å²) in [5, 5.41) is 11.4. The maximum Gasteiger partial charge on any atom is 0.330 e. The highest BCUT2D eigenvalue weighted by molar-refractivity contribution is 5.94. The van der Waals surface area contributed by atoms with Gasteiger partial charge >= 0.3 is 5.97 Å². The summed E-state index contributed by atoms with van der Waals surface area (Å²) < 4.78 is 9.89. The number of benzene rings is 1. The summed E-state index contributed by atoms with van der Waals surface area (Å²) in [4.78, 5) is 23.0.